The molecule has 142 valence electrons. The number of hydrogen-bond acceptors (Lipinski definition) is 1. The van der Waals surface area contributed by atoms with E-state index >= 15 is 0 Å². The van der Waals surface area contributed by atoms with Crippen LogP contribution in [-0.2, 0) is 4.79 Å². The van der Waals surface area contributed by atoms with Gasteiger partial charge in [0.25, 0.3) is 0 Å². The topological polar surface area (TPSA) is 37.3 Å². The zero-order valence-corrected chi connectivity index (χ0v) is 16.5. The summed E-state index contributed by atoms with van der Waals surface area (Å²) in [5, 5.41) is 8.75. The lowest BCUT2D eigenvalue weighted by Crippen LogP contribution is -1.95. The van der Waals surface area contributed by atoms with E-state index < -0.39 is 5.97 Å². The van der Waals surface area contributed by atoms with Crippen molar-refractivity contribution >= 4 is 5.97 Å². The fraction of sp³-hybridized carbons (Fsp3) is 0.864. The van der Waals surface area contributed by atoms with Crippen molar-refractivity contribution in [3.8, 4) is 0 Å². The summed E-state index contributed by atoms with van der Waals surface area (Å²) in [6, 6.07) is 0. The molecular weight excluding hydrogens is 296 g/mol. The molecule has 0 rings (SSSR count). The van der Waals surface area contributed by atoms with Gasteiger partial charge in [0, 0.05) is 5.57 Å². The van der Waals surface area contributed by atoms with Gasteiger partial charge in [-0.1, -0.05) is 109 Å². The summed E-state index contributed by atoms with van der Waals surface area (Å²) in [5.41, 5.74) is 0.482. The van der Waals surface area contributed by atoms with Crippen molar-refractivity contribution in [2.24, 2.45) is 0 Å². The molecule has 0 atom stereocenters. The molecule has 0 unspecified atom stereocenters. The second kappa shape index (κ2) is 18.5. The van der Waals surface area contributed by atoms with Crippen LogP contribution >= 0.6 is 0 Å². The first-order chi connectivity index (χ1) is 11.7. The fourth-order valence-corrected chi connectivity index (χ4v) is 3.10. The normalized spacial score (nSPS) is 11.8. The molecule has 0 heterocycles. The van der Waals surface area contributed by atoms with Gasteiger partial charge in [0.2, 0.25) is 0 Å². The number of carboxylic acids is 1. The third-order valence-corrected chi connectivity index (χ3v) is 4.85. The van der Waals surface area contributed by atoms with Gasteiger partial charge in [-0.15, -0.1) is 0 Å². The highest BCUT2D eigenvalue weighted by atomic mass is 16.4. The van der Waals surface area contributed by atoms with Crippen molar-refractivity contribution in [3.05, 3.63) is 11.6 Å². The highest BCUT2D eigenvalue weighted by molar-refractivity contribution is 5.85. The highest BCUT2D eigenvalue weighted by Gasteiger charge is 1.98. The molecule has 0 aliphatic rings. The summed E-state index contributed by atoms with van der Waals surface area (Å²) in [5.74, 6) is -0.786. The molecule has 0 amide bonds. The molecule has 0 aliphatic heterocycles. The maximum absolute atomic E-state index is 10.6. The van der Waals surface area contributed by atoms with Gasteiger partial charge in [-0.25, -0.2) is 4.79 Å². The minimum Gasteiger partial charge on any atom is -0.478 e. The summed E-state index contributed by atoms with van der Waals surface area (Å²) in [6.45, 7) is 3.95. The molecule has 0 aromatic rings. The van der Waals surface area contributed by atoms with E-state index in [1.165, 1.54) is 96.3 Å². The molecule has 1 N–H and O–H groups in total. The number of carboxylic acid groups (broad SMARTS) is 1. The SMILES string of the molecule is CCCCCCCCCCCCCCCCCCC=C(C)C(=O)O. The van der Waals surface area contributed by atoms with Gasteiger partial charge < -0.3 is 5.11 Å². The first kappa shape index (κ1) is 23.2. The van der Waals surface area contributed by atoms with Crippen LogP contribution in [0.5, 0.6) is 0 Å². The van der Waals surface area contributed by atoms with Gasteiger partial charge in [0.05, 0.1) is 0 Å². The molecule has 0 aliphatic carbocycles. The number of aliphatic carboxylic acids is 1. The molecule has 0 radical (unpaired) electrons. The Bertz CT molecular complexity index is 307. The zero-order chi connectivity index (χ0) is 17.9. The van der Waals surface area contributed by atoms with Crippen molar-refractivity contribution in [3.63, 3.8) is 0 Å². The third-order valence-electron chi connectivity index (χ3n) is 4.85. The first-order valence-corrected chi connectivity index (χ1v) is 10.6. The summed E-state index contributed by atoms with van der Waals surface area (Å²) >= 11 is 0. The Morgan fingerprint density at radius 2 is 1.00 bits per heavy atom. The molecule has 24 heavy (non-hydrogen) atoms. The van der Waals surface area contributed by atoms with E-state index in [9.17, 15) is 4.79 Å². The van der Waals surface area contributed by atoms with Crippen LogP contribution in [0, 0.1) is 0 Å². The average Bonchev–Trinajstić information content (AvgIpc) is 2.57. The molecule has 2 heteroatoms. The quantitative estimate of drug-likeness (QED) is 0.206. The molecule has 2 nitrogen and oxygen atoms in total. The van der Waals surface area contributed by atoms with Crippen LogP contribution in [0.3, 0.4) is 0 Å². The number of unbranched alkanes of at least 4 members (excludes halogenated alkanes) is 16. The van der Waals surface area contributed by atoms with Gasteiger partial charge in [-0.3, -0.25) is 0 Å². The van der Waals surface area contributed by atoms with Crippen molar-refractivity contribution in [1.29, 1.82) is 0 Å². The minimum atomic E-state index is -0.786. The molecule has 0 fully saturated rings. The smallest absolute Gasteiger partial charge is 0.330 e. The van der Waals surface area contributed by atoms with E-state index in [4.69, 9.17) is 5.11 Å². The van der Waals surface area contributed by atoms with Crippen LogP contribution in [0.15, 0.2) is 11.6 Å². The van der Waals surface area contributed by atoms with Crippen LogP contribution in [-0.4, -0.2) is 11.1 Å². The predicted molar refractivity (Wildman–Crippen MR) is 106 cm³/mol. The second-order valence-electron chi connectivity index (χ2n) is 7.28. The molecule has 0 aromatic heterocycles. The molecule has 0 spiro atoms. The monoisotopic (exact) mass is 338 g/mol. The van der Waals surface area contributed by atoms with Gasteiger partial charge in [-0.2, -0.15) is 0 Å². The van der Waals surface area contributed by atoms with Gasteiger partial charge in [0.15, 0.2) is 0 Å². The number of hydrogen-bond donors (Lipinski definition) is 1. The van der Waals surface area contributed by atoms with E-state index in [0.717, 1.165) is 12.8 Å². The largest absolute Gasteiger partial charge is 0.478 e. The van der Waals surface area contributed by atoms with Crippen LogP contribution in [0.4, 0.5) is 0 Å². The second-order valence-corrected chi connectivity index (χ2v) is 7.28. The van der Waals surface area contributed by atoms with Crippen LogP contribution in [0.25, 0.3) is 0 Å². The van der Waals surface area contributed by atoms with E-state index in [1.807, 2.05) is 6.08 Å². The Kier molecular flexibility index (Phi) is 17.9. The van der Waals surface area contributed by atoms with Gasteiger partial charge in [0.1, 0.15) is 0 Å². The van der Waals surface area contributed by atoms with E-state index in [2.05, 4.69) is 6.92 Å². The van der Waals surface area contributed by atoms with Crippen LogP contribution < -0.4 is 0 Å². The third kappa shape index (κ3) is 17.6. The summed E-state index contributed by atoms with van der Waals surface area (Å²) in [6.07, 6.45) is 24.8. The van der Waals surface area contributed by atoms with E-state index in [1.54, 1.807) is 6.92 Å². The summed E-state index contributed by atoms with van der Waals surface area (Å²) < 4.78 is 0. The average molecular weight is 339 g/mol. The lowest BCUT2D eigenvalue weighted by molar-refractivity contribution is -0.132. The Labute approximate surface area is 151 Å². The number of allylic oxidation sites excluding steroid dienone is 1. The standard InChI is InChI=1S/C22H42O2/c1-3-4-5-6-7-8-9-10-11-12-13-14-15-16-17-18-19-20-21(2)22(23)24/h20H,3-19H2,1-2H3,(H,23,24). The molecular formula is C22H42O2. The minimum absolute atomic E-state index is 0.482. The van der Waals surface area contributed by atoms with Gasteiger partial charge >= 0.3 is 5.97 Å². The van der Waals surface area contributed by atoms with Crippen molar-refractivity contribution in [2.45, 2.75) is 123 Å². The Balaban J connectivity index is 3.10. The van der Waals surface area contributed by atoms with Gasteiger partial charge in [-0.05, 0) is 19.8 Å². The number of carbonyl (C=O) groups is 1. The van der Waals surface area contributed by atoms with Crippen LogP contribution in [0.2, 0.25) is 0 Å². The molecule has 0 saturated heterocycles. The fourth-order valence-electron chi connectivity index (χ4n) is 3.10. The Morgan fingerprint density at radius 1 is 0.667 bits per heavy atom. The molecule has 0 aromatic carbocycles. The van der Waals surface area contributed by atoms with E-state index in [-0.39, 0.29) is 0 Å². The summed E-state index contributed by atoms with van der Waals surface area (Å²) in [7, 11) is 0. The lowest BCUT2D eigenvalue weighted by Gasteiger charge is -2.03. The highest BCUT2D eigenvalue weighted by Crippen LogP contribution is 2.14. The van der Waals surface area contributed by atoms with E-state index in [0.29, 0.717) is 5.57 Å². The first-order valence-electron chi connectivity index (χ1n) is 10.6. The summed E-state index contributed by atoms with van der Waals surface area (Å²) in [4.78, 5) is 10.6. The maximum atomic E-state index is 10.6. The Morgan fingerprint density at radius 3 is 1.33 bits per heavy atom. The van der Waals surface area contributed by atoms with Crippen molar-refractivity contribution in [2.75, 3.05) is 0 Å². The van der Waals surface area contributed by atoms with Crippen LogP contribution in [0.1, 0.15) is 123 Å². The number of rotatable bonds is 18. The van der Waals surface area contributed by atoms with Crippen molar-refractivity contribution < 1.29 is 9.90 Å². The molecule has 0 bridgehead atoms. The predicted octanol–water partition coefficient (Wildman–Crippen LogP) is 7.67. The zero-order valence-electron chi connectivity index (χ0n) is 16.5. The maximum Gasteiger partial charge on any atom is 0.330 e. The lowest BCUT2D eigenvalue weighted by atomic mass is 10.0. The van der Waals surface area contributed by atoms with Crippen molar-refractivity contribution in [1.82, 2.24) is 0 Å². The Hall–Kier alpha value is -0.790. The molecule has 0 saturated carbocycles.